The number of aromatic nitrogens is 4. The van der Waals surface area contributed by atoms with Gasteiger partial charge in [-0.15, -0.1) is 5.10 Å². The summed E-state index contributed by atoms with van der Waals surface area (Å²) < 4.78 is 3.57. The molecular formula is C14H13ClN4O. The quantitative estimate of drug-likeness (QED) is 0.691. The molecule has 0 unspecified atom stereocenters. The van der Waals surface area contributed by atoms with E-state index >= 15 is 0 Å². The Bertz CT molecular complexity index is 920. The van der Waals surface area contributed by atoms with Gasteiger partial charge in [-0.2, -0.15) is 5.10 Å². The highest BCUT2D eigenvalue weighted by molar-refractivity contribution is 6.34. The molecule has 0 amide bonds. The van der Waals surface area contributed by atoms with Crippen LogP contribution in [0.25, 0.3) is 21.8 Å². The molecule has 1 aliphatic carbocycles. The fourth-order valence-corrected chi connectivity index (χ4v) is 2.98. The Balaban J connectivity index is 2.23. The minimum atomic E-state index is 0.0347. The number of benzene rings is 1. The third-order valence-electron chi connectivity index (χ3n) is 4.04. The summed E-state index contributed by atoms with van der Waals surface area (Å²) >= 11 is 6.16. The molecule has 0 atom stereocenters. The SMILES string of the molecule is Cc1nnc(Cl)c2cc3c(cc12)n(C)c(=O)n3C1CC1. The molecule has 5 nitrogen and oxygen atoms in total. The number of rotatable bonds is 1. The molecule has 102 valence electrons. The first-order chi connectivity index (χ1) is 9.58. The van der Waals surface area contributed by atoms with Crippen LogP contribution >= 0.6 is 11.6 Å². The largest absolute Gasteiger partial charge is 0.329 e. The third-order valence-corrected chi connectivity index (χ3v) is 4.32. The van der Waals surface area contributed by atoms with E-state index in [0.29, 0.717) is 11.2 Å². The molecular weight excluding hydrogens is 276 g/mol. The van der Waals surface area contributed by atoms with Crippen LogP contribution in [-0.2, 0) is 7.05 Å². The van der Waals surface area contributed by atoms with Gasteiger partial charge < -0.3 is 0 Å². The fraction of sp³-hybridized carbons (Fsp3) is 0.357. The zero-order chi connectivity index (χ0) is 14.0. The van der Waals surface area contributed by atoms with Crippen molar-refractivity contribution in [1.82, 2.24) is 19.3 Å². The zero-order valence-electron chi connectivity index (χ0n) is 11.2. The Labute approximate surface area is 119 Å². The molecule has 1 aromatic carbocycles. The van der Waals surface area contributed by atoms with E-state index in [1.54, 1.807) is 11.6 Å². The lowest BCUT2D eigenvalue weighted by Crippen LogP contribution is -2.21. The van der Waals surface area contributed by atoms with Crippen molar-refractivity contribution < 1.29 is 0 Å². The lowest BCUT2D eigenvalue weighted by atomic mass is 10.1. The van der Waals surface area contributed by atoms with E-state index in [2.05, 4.69) is 10.2 Å². The molecule has 0 N–H and O–H groups in total. The second-order valence-electron chi connectivity index (χ2n) is 5.41. The van der Waals surface area contributed by atoms with E-state index in [4.69, 9.17) is 11.6 Å². The number of aryl methyl sites for hydroxylation is 2. The highest BCUT2D eigenvalue weighted by atomic mass is 35.5. The molecule has 1 aliphatic rings. The molecule has 0 bridgehead atoms. The van der Waals surface area contributed by atoms with Crippen molar-refractivity contribution in [2.75, 3.05) is 0 Å². The molecule has 0 saturated heterocycles. The number of fused-ring (bicyclic) bond motifs is 2. The summed E-state index contributed by atoms with van der Waals surface area (Å²) in [6.07, 6.45) is 2.14. The van der Waals surface area contributed by atoms with E-state index in [1.807, 2.05) is 23.6 Å². The van der Waals surface area contributed by atoms with Crippen molar-refractivity contribution in [3.63, 3.8) is 0 Å². The van der Waals surface area contributed by atoms with Crippen LogP contribution < -0.4 is 5.69 Å². The monoisotopic (exact) mass is 288 g/mol. The van der Waals surface area contributed by atoms with Crippen LogP contribution in [0.3, 0.4) is 0 Å². The van der Waals surface area contributed by atoms with Gasteiger partial charge in [0.25, 0.3) is 0 Å². The van der Waals surface area contributed by atoms with Gasteiger partial charge in [0.1, 0.15) is 0 Å². The maximum atomic E-state index is 12.4. The Morgan fingerprint density at radius 2 is 1.90 bits per heavy atom. The van der Waals surface area contributed by atoms with Crippen LogP contribution in [0, 0.1) is 6.92 Å². The molecule has 20 heavy (non-hydrogen) atoms. The summed E-state index contributed by atoms with van der Waals surface area (Å²) in [5.41, 5.74) is 2.70. The predicted octanol–water partition coefficient (Wildman–Crippen LogP) is 2.58. The Morgan fingerprint density at radius 1 is 1.20 bits per heavy atom. The highest BCUT2D eigenvalue weighted by Crippen LogP contribution is 2.37. The standard InChI is InChI=1S/C14H13ClN4O/c1-7-9-5-11-12(6-10(9)13(15)17-16-7)19(8-3-4-8)14(20)18(11)2/h5-6,8H,3-4H2,1-2H3. The molecule has 4 rings (SSSR count). The normalized spacial score (nSPS) is 15.3. The first-order valence-corrected chi connectivity index (χ1v) is 6.99. The van der Waals surface area contributed by atoms with Gasteiger partial charge in [-0.3, -0.25) is 9.13 Å². The smallest absolute Gasteiger partial charge is 0.295 e. The minimum Gasteiger partial charge on any atom is -0.295 e. The first-order valence-electron chi connectivity index (χ1n) is 6.61. The van der Waals surface area contributed by atoms with Gasteiger partial charge in [0, 0.05) is 23.9 Å². The fourth-order valence-electron chi connectivity index (χ4n) is 2.79. The van der Waals surface area contributed by atoms with Crippen LogP contribution in [0.4, 0.5) is 0 Å². The highest BCUT2D eigenvalue weighted by Gasteiger charge is 2.28. The van der Waals surface area contributed by atoms with Gasteiger partial charge in [0.05, 0.1) is 16.7 Å². The summed E-state index contributed by atoms with van der Waals surface area (Å²) in [4.78, 5) is 12.4. The molecule has 1 fully saturated rings. The summed E-state index contributed by atoms with van der Waals surface area (Å²) in [7, 11) is 1.81. The topological polar surface area (TPSA) is 52.7 Å². The van der Waals surface area contributed by atoms with Crippen LogP contribution in [0.5, 0.6) is 0 Å². The van der Waals surface area contributed by atoms with Gasteiger partial charge in [-0.1, -0.05) is 11.6 Å². The maximum absolute atomic E-state index is 12.4. The lowest BCUT2D eigenvalue weighted by Gasteiger charge is -2.05. The molecule has 2 heterocycles. The van der Waals surface area contributed by atoms with Crippen molar-refractivity contribution in [2.45, 2.75) is 25.8 Å². The second-order valence-corrected chi connectivity index (χ2v) is 5.76. The van der Waals surface area contributed by atoms with E-state index in [-0.39, 0.29) is 5.69 Å². The molecule has 0 radical (unpaired) electrons. The minimum absolute atomic E-state index is 0.0347. The number of imidazole rings is 1. The number of halogens is 1. The Hall–Kier alpha value is -1.88. The van der Waals surface area contributed by atoms with Crippen LogP contribution in [0.15, 0.2) is 16.9 Å². The molecule has 0 aliphatic heterocycles. The van der Waals surface area contributed by atoms with Crippen LogP contribution in [-0.4, -0.2) is 19.3 Å². The van der Waals surface area contributed by atoms with E-state index in [9.17, 15) is 4.79 Å². The van der Waals surface area contributed by atoms with Crippen molar-refractivity contribution in [2.24, 2.45) is 7.05 Å². The van der Waals surface area contributed by atoms with Gasteiger partial charge in [0.15, 0.2) is 5.15 Å². The van der Waals surface area contributed by atoms with Crippen molar-refractivity contribution in [1.29, 1.82) is 0 Å². The summed E-state index contributed by atoms with van der Waals surface area (Å²) in [6.45, 7) is 1.90. The summed E-state index contributed by atoms with van der Waals surface area (Å²) in [5, 5.41) is 10.2. The van der Waals surface area contributed by atoms with Gasteiger partial charge >= 0.3 is 5.69 Å². The van der Waals surface area contributed by atoms with Gasteiger partial charge in [-0.05, 0) is 31.9 Å². The maximum Gasteiger partial charge on any atom is 0.329 e. The molecule has 0 spiro atoms. The molecule has 3 aromatic rings. The summed E-state index contributed by atoms with van der Waals surface area (Å²) in [5.74, 6) is 0. The first kappa shape index (κ1) is 11.9. The molecule has 2 aromatic heterocycles. The van der Waals surface area contributed by atoms with E-state index in [0.717, 1.165) is 40.3 Å². The lowest BCUT2D eigenvalue weighted by molar-refractivity contribution is 0.696. The van der Waals surface area contributed by atoms with Crippen LogP contribution in [0.1, 0.15) is 24.6 Å². The van der Waals surface area contributed by atoms with Gasteiger partial charge in [0.2, 0.25) is 0 Å². The predicted molar refractivity (Wildman–Crippen MR) is 78.3 cm³/mol. The third kappa shape index (κ3) is 1.47. The van der Waals surface area contributed by atoms with Gasteiger partial charge in [-0.25, -0.2) is 4.79 Å². The van der Waals surface area contributed by atoms with Crippen molar-refractivity contribution >= 4 is 33.4 Å². The zero-order valence-corrected chi connectivity index (χ0v) is 12.0. The molecule has 6 heteroatoms. The number of nitrogens with zero attached hydrogens (tertiary/aromatic N) is 4. The van der Waals surface area contributed by atoms with E-state index in [1.165, 1.54) is 0 Å². The number of hydrogen-bond acceptors (Lipinski definition) is 3. The van der Waals surface area contributed by atoms with E-state index < -0.39 is 0 Å². The second kappa shape index (κ2) is 3.82. The Morgan fingerprint density at radius 3 is 2.60 bits per heavy atom. The van der Waals surface area contributed by atoms with Crippen LogP contribution in [0.2, 0.25) is 5.15 Å². The Kier molecular flexibility index (Phi) is 2.27. The summed E-state index contributed by atoms with van der Waals surface area (Å²) in [6, 6.07) is 4.29. The van der Waals surface area contributed by atoms with Crippen molar-refractivity contribution in [3.8, 4) is 0 Å². The number of hydrogen-bond donors (Lipinski definition) is 0. The average Bonchev–Trinajstić information content (AvgIpc) is 3.23. The average molecular weight is 289 g/mol. The van der Waals surface area contributed by atoms with Crippen molar-refractivity contribution in [3.05, 3.63) is 33.5 Å². The molecule has 1 saturated carbocycles.